The van der Waals surface area contributed by atoms with E-state index in [1.165, 1.54) is 0 Å². The van der Waals surface area contributed by atoms with Crippen molar-refractivity contribution in [2.24, 2.45) is 0 Å². The molecule has 3 aromatic rings. The van der Waals surface area contributed by atoms with Gasteiger partial charge in [-0.05, 0) is 42.0 Å². The fourth-order valence-corrected chi connectivity index (χ4v) is 3.55. The molecule has 1 saturated heterocycles. The van der Waals surface area contributed by atoms with Gasteiger partial charge in [0.2, 0.25) is 5.91 Å². The van der Waals surface area contributed by atoms with Gasteiger partial charge in [-0.2, -0.15) is 0 Å². The Balaban J connectivity index is 1.60. The molecule has 0 aliphatic carbocycles. The maximum absolute atomic E-state index is 12.3. The molecular formula is C21H20N2O2. The van der Waals surface area contributed by atoms with E-state index in [4.69, 9.17) is 0 Å². The van der Waals surface area contributed by atoms with Crippen LogP contribution in [0, 0.1) is 0 Å². The van der Waals surface area contributed by atoms with Crippen molar-refractivity contribution in [3.63, 3.8) is 0 Å². The second kappa shape index (κ2) is 5.88. The lowest BCUT2D eigenvalue weighted by Gasteiger charge is -2.24. The van der Waals surface area contributed by atoms with Crippen molar-refractivity contribution in [2.75, 3.05) is 0 Å². The van der Waals surface area contributed by atoms with Gasteiger partial charge in [-0.15, -0.1) is 0 Å². The van der Waals surface area contributed by atoms with Crippen molar-refractivity contribution in [3.05, 3.63) is 81.6 Å². The van der Waals surface area contributed by atoms with Crippen molar-refractivity contribution in [1.29, 1.82) is 0 Å². The van der Waals surface area contributed by atoms with Gasteiger partial charge in [-0.25, -0.2) is 0 Å². The maximum Gasteiger partial charge on any atom is 0.251 e. The second-order valence-corrected chi connectivity index (χ2v) is 6.96. The number of rotatable bonds is 3. The highest BCUT2D eigenvalue weighted by Crippen LogP contribution is 2.31. The van der Waals surface area contributed by atoms with Crippen molar-refractivity contribution >= 4 is 16.8 Å². The van der Waals surface area contributed by atoms with Crippen molar-refractivity contribution in [2.45, 2.75) is 31.7 Å². The average molecular weight is 332 g/mol. The van der Waals surface area contributed by atoms with E-state index in [0.29, 0.717) is 12.8 Å². The summed E-state index contributed by atoms with van der Waals surface area (Å²) < 4.78 is 0. The van der Waals surface area contributed by atoms with Crippen molar-refractivity contribution in [3.8, 4) is 0 Å². The standard InChI is InChI=1S/C21H20N2O2/c1-21(11-10-19(24)23-21)17-8-6-14(7-9-17)12-16-13-15-4-2-3-5-18(15)22-20(16)25/h2-9,13H,10-12H2,1H3,(H,22,25)(H,23,24)/t21-/m1/s1. The topological polar surface area (TPSA) is 62.0 Å². The van der Waals surface area contributed by atoms with Crippen LogP contribution in [0.2, 0.25) is 0 Å². The highest BCUT2D eigenvalue weighted by molar-refractivity contribution is 5.80. The number of carbonyl (C=O) groups is 1. The normalized spacial score (nSPS) is 20.0. The molecule has 0 bridgehead atoms. The molecule has 1 aliphatic heterocycles. The first-order chi connectivity index (χ1) is 12.0. The Hall–Kier alpha value is -2.88. The Morgan fingerprint density at radius 2 is 1.80 bits per heavy atom. The lowest BCUT2D eigenvalue weighted by molar-refractivity contribution is -0.119. The number of aromatic amines is 1. The van der Waals surface area contributed by atoms with Crippen molar-refractivity contribution in [1.82, 2.24) is 10.3 Å². The van der Waals surface area contributed by atoms with E-state index in [2.05, 4.69) is 29.4 Å². The van der Waals surface area contributed by atoms with Crippen LogP contribution in [0.1, 0.15) is 36.5 Å². The number of pyridine rings is 1. The molecule has 1 atom stereocenters. The predicted octanol–water partition coefficient (Wildman–Crippen LogP) is 3.24. The first-order valence-electron chi connectivity index (χ1n) is 8.55. The molecule has 0 unspecified atom stereocenters. The summed E-state index contributed by atoms with van der Waals surface area (Å²) in [6, 6.07) is 17.9. The molecule has 2 aromatic carbocycles. The second-order valence-electron chi connectivity index (χ2n) is 6.96. The number of benzene rings is 2. The third-order valence-electron chi connectivity index (χ3n) is 5.08. The summed E-state index contributed by atoms with van der Waals surface area (Å²) >= 11 is 0. The molecule has 2 heterocycles. The number of carbonyl (C=O) groups excluding carboxylic acids is 1. The molecule has 4 nitrogen and oxygen atoms in total. The average Bonchev–Trinajstić information content (AvgIpc) is 2.96. The van der Waals surface area contributed by atoms with Crippen LogP contribution < -0.4 is 10.9 Å². The molecule has 4 heteroatoms. The zero-order valence-corrected chi connectivity index (χ0v) is 14.1. The molecule has 126 valence electrons. The van der Waals surface area contributed by atoms with E-state index in [1.807, 2.05) is 42.5 Å². The summed E-state index contributed by atoms with van der Waals surface area (Å²) in [4.78, 5) is 26.8. The number of hydrogen-bond donors (Lipinski definition) is 2. The number of fused-ring (bicyclic) bond motifs is 1. The smallest absolute Gasteiger partial charge is 0.251 e. The van der Waals surface area contributed by atoms with Crippen molar-refractivity contribution < 1.29 is 4.79 Å². The van der Waals surface area contributed by atoms with Crippen LogP contribution in [-0.4, -0.2) is 10.9 Å². The Morgan fingerprint density at radius 1 is 1.04 bits per heavy atom. The van der Waals surface area contributed by atoms with Gasteiger partial charge in [0.15, 0.2) is 0 Å². The lowest BCUT2D eigenvalue weighted by Crippen LogP contribution is -2.35. The van der Waals surface area contributed by atoms with E-state index in [9.17, 15) is 9.59 Å². The number of aromatic nitrogens is 1. The number of amides is 1. The third-order valence-corrected chi connectivity index (χ3v) is 5.08. The van der Waals surface area contributed by atoms with E-state index in [0.717, 1.165) is 34.0 Å². The number of hydrogen-bond acceptors (Lipinski definition) is 2. The summed E-state index contributed by atoms with van der Waals surface area (Å²) in [5.41, 5.74) is 3.48. The molecular weight excluding hydrogens is 312 g/mol. The molecule has 1 amide bonds. The third kappa shape index (κ3) is 2.95. The van der Waals surface area contributed by atoms with Crippen LogP contribution in [0.15, 0.2) is 59.4 Å². The Kier molecular flexibility index (Phi) is 3.68. The van der Waals surface area contributed by atoms with Gasteiger partial charge in [-0.1, -0.05) is 42.5 Å². The number of nitrogens with one attached hydrogen (secondary N) is 2. The van der Waals surface area contributed by atoms with Gasteiger partial charge in [-0.3, -0.25) is 9.59 Å². The highest BCUT2D eigenvalue weighted by atomic mass is 16.2. The first kappa shape index (κ1) is 15.6. The minimum atomic E-state index is -0.282. The summed E-state index contributed by atoms with van der Waals surface area (Å²) in [6.07, 6.45) is 1.98. The molecule has 2 N–H and O–H groups in total. The highest BCUT2D eigenvalue weighted by Gasteiger charge is 2.34. The summed E-state index contributed by atoms with van der Waals surface area (Å²) in [6.45, 7) is 2.06. The van der Waals surface area contributed by atoms with Gasteiger partial charge in [0.25, 0.3) is 5.56 Å². The fraction of sp³-hybridized carbons (Fsp3) is 0.238. The van der Waals surface area contributed by atoms with Crippen LogP contribution >= 0.6 is 0 Å². The predicted molar refractivity (Wildman–Crippen MR) is 98.5 cm³/mol. The van der Waals surface area contributed by atoms with Crippen LogP contribution in [-0.2, 0) is 16.8 Å². The minimum Gasteiger partial charge on any atom is -0.347 e. The Labute approximate surface area is 145 Å². The zero-order chi connectivity index (χ0) is 17.4. The number of para-hydroxylation sites is 1. The van der Waals surface area contributed by atoms with Gasteiger partial charge in [0.05, 0.1) is 5.54 Å². The lowest BCUT2D eigenvalue weighted by atomic mass is 9.89. The Bertz CT molecular complexity index is 1000. The molecule has 1 aliphatic rings. The van der Waals surface area contributed by atoms with E-state index in [-0.39, 0.29) is 17.0 Å². The van der Waals surface area contributed by atoms with Gasteiger partial charge >= 0.3 is 0 Å². The maximum atomic E-state index is 12.3. The van der Waals surface area contributed by atoms with E-state index >= 15 is 0 Å². The largest absolute Gasteiger partial charge is 0.347 e. The molecule has 0 saturated carbocycles. The summed E-state index contributed by atoms with van der Waals surface area (Å²) in [5.74, 6) is 0.106. The SMILES string of the molecule is C[C@]1(c2ccc(Cc3cc4ccccc4[nH]c3=O)cc2)CCC(=O)N1. The molecule has 0 radical (unpaired) electrons. The monoisotopic (exact) mass is 332 g/mol. The molecule has 0 spiro atoms. The van der Waals surface area contributed by atoms with E-state index < -0.39 is 0 Å². The van der Waals surface area contributed by atoms with Crippen LogP contribution in [0.4, 0.5) is 0 Å². The minimum absolute atomic E-state index is 0.0437. The molecule has 1 fully saturated rings. The van der Waals surface area contributed by atoms with Crippen LogP contribution in [0.3, 0.4) is 0 Å². The summed E-state index contributed by atoms with van der Waals surface area (Å²) in [5, 5.41) is 4.09. The van der Waals surface area contributed by atoms with Gasteiger partial charge in [0, 0.05) is 23.9 Å². The van der Waals surface area contributed by atoms with Gasteiger partial charge in [0.1, 0.15) is 0 Å². The Morgan fingerprint density at radius 3 is 2.52 bits per heavy atom. The van der Waals surface area contributed by atoms with Crippen LogP contribution in [0.5, 0.6) is 0 Å². The first-order valence-corrected chi connectivity index (χ1v) is 8.55. The molecule has 4 rings (SSSR count). The van der Waals surface area contributed by atoms with Crippen LogP contribution in [0.25, 0.3) is 10.9 Å². The van der Waals surface area contributed by atoms with Gasteiger partial charge < -0.3 is 10.3 Å². The number of H-pyrrole nitrogens is 1. The fourth-order valence-electron chi connectivity index (χ4n) is 3.55. The quantitative estimate of drug-likeness (QED) is 0.773. The molecule has 25 heavy (non-hydrogen) atoms. The molecule has 1 aromatic heterocycles. The summed E-state index contributed by atoms with van der Waals surface area (Å²) in [7, 11) is 0. The zero-order valence-electron chi connectivity index (χ0n) is 14.1. The van der Waals surface area contributed by atoms with E-state index in [1.54, 1.807) is 0 Å².